The van der Waals surface area contributed by atoms with E-state index in [0.29, 0.717) is 19.3 Å². The number of esters is 3. The number of hydrogen-bond donors (Lipinski definition) is 0. The highest BCUT2D eigenvalue weighted by Gasteiger charge is 2.19. The van der Waals surface area contributed by atoms with Crippen molar-refractivity contribution in [3.63, 3.8) is 0 Å². The number of allylic oxidation sites excluding steroid dienone is 12. The van der Waals surface area contributed by atoms with Gasteiger partial charge < -0.3 is 14.2 Å². The van der Waals surface area contributed by atoms with Crippen LogP contribution in [0.25, 0.3) is 0 Å². The van der Waals surface area contributed by atoms with E-state index in [2.05, 4.69) is 93.7 Å². The fourth-order valence-electron chi connectivity index (χ4n) is 7.93. The molecule has 0 aromatic carbocycles. The lowest BCUT2D eigenvalue weighted by Crippen LogP contribution is -2.30. The lowest BCUT2D eigenvalue weighted by molar-refractivity contribution is -0.167. The zero-order valence-electron chi connectivity index (χ0n) is 44.2. The summed E-state index contributed by atoms with van der Waals surface area (Å²) in [6.45, 7) is 6.51. The maximum absolute atomic E-state index is 12.8. The predicted octanol–water partition coefficient (Wildman–Crippen LogP) is 19.0. The van der Waals surface area contributed by atoms with Crippen LogP contribution >= 0.6 is 0 Å². The Hall–Kier alpha value is -3.15. The monoisotopic (exact) mass is 935 g/mol. The molecule has 0 radical (unpaired) electrons. The largest absolute Gasteiger partial charge is 0.462 e. The minimum atomic E-state index is -0.786. The Morgan fingerprint density at radius 2 is 0.582 bits per heavy atom. The molecule has 0 heterocycles. The van der Waals surface area contributed by atoms with Crippen LogP contribution in [-0.2, 0) is 28.6 Å². The maximum Gasteiger partial charge on any atom is 0.306 e. The van der Waals surface area contributed by atoms with Crippen molar-refractivity contribution in [2.75, 3.05) is 13.2 Å². The summed E-state index contributed by atoms with van der Waals surface area (Å²) in [5, 5.41) is 0. The molecule has 0 saturated carbocycles. The van der Waals surface area contributed by atoms with Gasteiger partial charge >= 0.3 is 17.9 Å². The average Bonchev–Trinajstić information content (AvgIpc) is 3.33. The van der Waals surface area contributed by atoms with Gasteiger partial charge in [-0.25, -0.2) is 0 Å². The van der Waals surface area contributed by atoms with Gasteiger partial charge in [0.15, 0.2) is 6.10 Å². The molecule has 0 amide bonds. The summed E-state index contributed by atoms with van der Waals surface area (Å²) in [5.74, 6) is -0.902. The van der Waals surface area contributed by atoms with Crippen LogP contribution in [-0.4, -0.2) is 37.2 Å². The molecule has 0 aliphatic carbocycles. The second-order valence-electron chi connectivity index (χ2n) is 18.8. The van der Waals surface area contributed by atoms with Gasteiger partial charge in [-0.3, -0.25) is 14.4 Å². The summed E-state index contributed by atoms with van der Waals surface area (Å²) in [6, 6.07) is 0. The molecule has 0 bridgehead atoms. The van der Waals surface area contributed by atoms with Crippen LogP contribution in [0.5, 0.6) is 0 Å². The fraction of sp³-hybridized carbons (Fsp3) is 0.754. The smallest absolute Gasteiger partial charge is 0.306 e. The van der Waals surface area contributed by atoms with Gasteiger partial charge in [0.05, 0.1) is 0 Å². The van der Waals surface area contributed by atoms with Crippen LogP contribution < -0.4 is 0 Å². The zero-order chi connectivity index (χ0) is 48.6. The SMILES string of the molecule is CC/C=C\C/C=C\C/C=C\C/C=C\C/C=C\CCCCCCCC(=O)OCC(COC(=O)CCCCCCCCCCCCCCCC)OC(=O)CCCCCCC/C=C\CCCCCCC. The molecule has 0 aliphatic heterocycles. The second-order valence-corrected chi connectivity index (χ2v) is 18.8. The molecule has 0 rings (SSSR count). The van der Waals surface area contributed by atoms with E-state index in [1.807, 2.05) is 0 Å². The first-order valence-electron chi connectivity index (χ1n) is 28.4. The van der Waals surface area contributed by atoms with Crippen molar-refractivity contribution in [2.45, 2.75) is 284 Å². The van der Waals surface area contributed by atoms with Crippen molar-refractivity contribution in [1.82, 2.24) is 0 Å². The zero-order valence-corrected chi connectivity index (χ0v) is 44.2. The highest BCUT2D eigenvalue weighted by molar-refractivity contribution is 5.71. The van der Waals surface area contributed by atoms with E-state index in [4.69, 9.17) is 14.2 Å². The molecule has 0 spiro atoms. The molecular formula is C61H106O6. The highest BCUT2D eigenvalue weighted by atomic mass is 16.6. The molecule has 0 aromatic heterocycles. The molecule has 67 heavy (non-hydrogen) atoms. The maximum atomic E-state index is 12.8. The first-order valence-corrected chi connectivity index (χ1v) is 28.4. The Labute approximate surface area is 414 Å². The van der Waals surface area contributed by atoms with E-state index < -0.39 is 6.10 Å². The van der Waals surface area contributed by atoms with E-state index in [1.54, 1.807) is 0 Å². The topological polar surface area (TPSA) is 78.9 Å². The van der Waals surface area contributed by atoms with Crippen LogP contribution in [0.4, 0.5) is 0 Å². The molecule has 0 fully saturated rings. The Balaban J connectivity index is 4.39. The van der Waals surface area contributed by atoms with Crippen molar-refractivity contribution < 1.29 is 28.6 Å². The minimum Gasteiger partial charge on any atom is -0.462 e. The van der Waals surface area contributed by atoms with E-state index in [-0.39, 0.29) is 31.1 Å². The lowest BCUT2D eigenvalue weighted by Gasteiger charge is -2.18. The number of rotatable bonds is 51. The number of ether oxygens (including phenoxy) is 3. The van der Waals surface area contributed by atoms with E-state index in [0.717, 1.165) is 122 Å². The highest BCUT2D eigenvalue weighted by Crippen LogP contribution is 2.15. The van der Waals surface area contributed by atoms with Gasteiger partial charge in [0.1, 0.15) is 13.2 Å². The third kappa shape index (κ3) is 53.7. The standard InChI is InChI=1S/C61H106O6/c1-4-7-10-13-16-19-22-25-28-29-30-31-32-33-34-37-39-42-45-48-51-54-60(63)66-57-58(67-61(64)55-52-49-46-43-40-36-27-24-21-18-15-12-9-6-3)56-65-59(62)53-50-47-44-41-38-35-26-23-20-17-14-11-8-5-2/h7,10,16,19,24-25,27-28,30-31,33-34,58H,4-6,8-9,11-15,17-18,20-23,26,29,32,35-57H2,1-3H3/b10-7-,19-16-,27-24-,28-25-,31-30-,34-33-. The summed E-state index contributed by atoms with van der Waals surface area (Å²) in [7, 11) is 0. The Kier molecular flexibility index (Phi) is 52.8. The fourth-order valence-corrected chi connectivity index (χ4v) is 7.93. The molecule has 0 aliphatic rings. The molecule has 1 unspecified atom stereocenters. The average molecular weight is 936 g/mol. The Bertz CT molecular complexity index is 1260. The summed E-state index contributed by atoms with van der Waals surface area (Å²) < 4.78 is 16.8. The van der Waals surface area contributed by atoms with Gasteiger partial charge in [-0.15, -0.1) is 0 Å². The minimum absolute atomic E-state index is 0.0827. The second kappa shape index (κ2) is 55.4. The number of hydrogen-bond acceptors (Lipinski definition) is 6. The van der Waals surface area contributed by atoms with Crippen molar-refractivity contribution in [3.8, 4) is 0 Å². The van der Waals surface area contributed by atoms with Gasteiger partial charge in [-0.05, 0) is 89.9 Å². The number of carbonyl (C=O) groups excluding carboxylic acids is 3. The Morgan fingerprint density at radius 1 is 0.313 bits per heavy atom. The lowest BCUT2D eigenvalue weighted by atomic mass is 10.0. The molecule has 386 valence electrons. The summed E-state index contributed by atoms with van der Waals surface area (Å²) in [6.07, 6.45) is 70.3. The van der Waals surface area contributed by atoms with Gasteiger partial charge in [0.2, 0.25) is 0 Å². The molecule has 1 atom stereocenters. The van der Waals surface area contributed by atoms with Crippen LogP contribution in [0.1, 0.15) is 278 Å². The van der Waals surface area contributed by atoms with Crippen LogP contribution in [0.15, 0.2) is 72.9 Å². The van der Waals surface area contributed by atoms with Gasteiger partial charge in [0.25, 0.3) is 0 Å². The van der Waals surface area contributed by atoms with E-state index in [1.165, 1.54) is 116 Å². The first kappa shape index (κ1) is 63.8. The quantitative estimate of drug-likeness (QED) is 0.0262. The van der Waals surface area contributed by atoms with Crippen LogP contribution in [0.2, 0.25) is 0 Å². The summed E-state index contributed by atoms with van der Waals surface area (Å²) in [5.41, 5.74) is 0. The van der Waals surface area contributed by atoms with Crippen LogP contribution in [0, 0.1) is 0 Å². The van der Waals surface area contributed by atoms with Crippen LogP contribution in [0.3, 0.4) is 0 Å². The van der Waals surface area contributed by atoms with Crippen molar-refractivity contribution >= 4 is 17.9 Å². The predicted molar refractivity (Wildman–Crippen MR) is 288 cm³/mol. The number of unbranched alkanes of at least 4 members (excludes halogenated alkanes) is 28. The third-order valence-corrected chi connectivity index (χ3v) is 12.2. The summed E-state index contributed by atoms with van der Waals surface area (Å²) in [4.78, 5) is 38.1. The van der Waals surface area contributed by atoms with Gasteiger partial charge in [-0.1, -0.05) is 241 Å². The normalized spacial score (nSPS) is 12.6. The molecule has 6 heteroatoms. The molecular weight excluding hydrogens is 829 g/mol. The van der Waals surface area contributed by atoms with Crippen molar-refractivity contribution in [1.29, 1.82) is 0 Å². The van der Waals surface area contributed by atoms with Gasteiger partial charge in [-0.2, -0.15) is 0 Å². The first-order chi connectivity index (χ1) is 33.0. The van der Waals surface area contributed by atoms with Crippen molar-refractivity contribution in [2.24, 2.45) is 0 Å². The van der Waals surface area contributed by atoms with Crippen molar-refractivity contribution in [3.05, 3.63) is 72.9 Å². The summed E-state index contributed by atoms with van der Waals surface area (Å²) >= 11 is 0. The number of carbonyl (C=O) groups is 3. The van der Waals surface area contributed by atoms with E-state index >= 15 is 0 Å². The molecule has 0 aromatic rings. The molecule has 6 nitrogen and oxygen atoms in total. The van der Waals surface area contributed by atoms with E-state index in [9.17, 15) is 14.4 Å². The third-order valence-electron chi connectivity index (χ3n) is 12.2. The van der Waals surface area contributed by atoms with Gasteiger partial charge in [0, 0.05) is 19.3 Å². The Morgan fingerprint density at radius 3 is 0.925 bits per heavy atom. The molecule has 0 saturated heterocycles. The molecule has 0 N–H and O–H groups in total.